The molecule has 0 bridgehead atoms. The van der Waals surface area contributed by atoms with Gasteiger partial charge in [0, 0.05) is 31.1 Å². The fourth-order valence-electron chi connectivity index (χ4n) is 1.22. The van der Waals surface area contributed by atoms with E-state index in [1.54, 1.807) is 19.2 Å². The second kappa shape index (κ2) is 6.21. The van der Waals surface area contributed by atoms with Crippen LogP contribution in [-0.4, -0.2) is 23.1 Å². The summed E-state index contributed by atoms with van der Waals surface area (Å²) in [6, 6.07) is 4.53. The van der Waals surface area contributed by atoms with Crippen LogP contribution in [0.3, 0.4) is 0 Å². The average molecular weight is 333 g/mol. The van der Waals surface area contributed by atoms with Crippen LogP contribution in [0.4, 0.5) is 4.39 Å². The lowest BCUT2D eigenvalue weighted by molar-refractivity contribution is 0.200. The van der Waals surface area contributed by atoms with Crippen LogP contribution in [0.25, 0.3) is 0 Å². The lowest BCUT2D eigenvalue weighted by Gasteiger charge is -2.01. The van der Waals surface area contributed by atoms with Crippen molar-refractivity contribution in [3.05, 3.63) is 34.3 Å². The van der Waals surface area contributed by atoms with Gasteiger partial charge < -0.3 is 9.47 Å². The number of nitrogens with zero attached hydrogens (tertiary/aromatic N) is 2. The third-order valence-corrected chi connectivity index (χ3v) is 3.35. The second-order valence-electron chi connectivity index (χ2n) is 3.40. The highest BCUT2D eigenvalue weighted by atomic mass is 79.9. The van der Waals surface area contributed by atoms with E-state index in [4.69, 9.17) is 9.47 Å². The van der Waals surface area contributed by atoms with Crippen molar-refractivity contribution < 1.29 is 13.9 Å². The molecule has 0 spiro atoms. The van der Waals surface area contributed by atoms with Gasteiger partial charge in [0.2, 0.25) is 0 Å². The van der Waals surface area contributed by atoms with Crippen LogP contribution < -0.4 is 4.74 Å². The van der Waals surface area contributed by atoms with Crippen LogP contribution in [-0.2, 0) is 11.2 Å². The van der Waals surface area contributed by atoms with Crippen molar-refractivity contribution in [1.29, 1.82) is 0 Å². The zero-order valence-corrected chi connectivity index (χ0v) is 11.9. The van der Waals surface area contributed by atoms with Crippen molar-refractivity contribution in [2.45, 2.75) is 6.42 Å². The molecule has 0 saturated carbocycles. The van der Waals surface area contributed by atoms with E-state index < -0.39 is 0 Å². The summed E-state index contributed by atoms with van der Waals surface area (Å²) in [5.41, 5.74) is 0. The number of aromatic nitrogens is 2. The van der Waals surface area contributed by atoms with Crippen molar-refractivity contribution in [1.82, 2.24) is 9.36 Å². The number of hydrogen-bond donors (Lipinski definition) is 0. The summed E-state index contributed by atoms with van der Waals surface area (Å²) in [7, 11) is 1.62. The fourth-order valence-corrected chi connectivity index (χ4v) is 2.06. The highest BCUT2D eigenvalue weighted by Gasteiger charge is 2.07. The maximum Gasteiger partial charge on any atom is 0.298 e. The number of methoxy groups -OCH3 is 1. The highest BCUT2D eigenvalue weighted by Crippen LogP contribution is 2.26. The van der Waals surface area contributed by atoms with E-state index in [1.807, 2.05) is 0 Å². The number of ether oxygens (including phenoxy) is 2. The van der Waals surface area contributed by atoms with E-state index in [0.29, 0.717) is 34.3 Å². The zero-order chi connectivity index (χ0) is 13.0. The van der Waals surface area contributed by atoms with Crippen LogP contribution in [0, 0.1) is 5.82 Å². The molecule has 7 heteroatoms. The minimum absolute atomic E-state index is 0.378. The van der Waals surface area contributed by atoms with Crippen molar-refractivity contribution in [2.24, 2.45) is 0 Å². The Labute approximate surface area is 116 Å². The molecule has 1 heterocycles. The number of benzene rings is 1. The van der Waals surface area contributed by atoms with Crippen LogP contribution in [0.5, 0.6) is 10.9 Å². The Balaban J connectivity index is 2.04. The Kier molecular flexibility index (Phi) is 4.62. The average Bonchev–Trinajstić information content (AvgIpc) is 2.79. The summed E-state index contributed by atoms with van der Waals surface area (Å²) >= 11 is 4.21. The van der Waals surface area contributed by atoms with E-state index >= 15 is 0 Å². The number of rotatable bonds is 5. The Bertz CT molecular complexity index is 536. The van der Waals surface area contributed by atoms with Gasteiger partial charge in [-0.15, -0.1) is 0 Å². The van der Waals surface area contributed by atoms with Crippen LogP contribution in [0.15, 0.2) is 22.7 Å². The van der Waals surface area contributed by atoms with Gasteiger partial charge in [0.05, 0.1) is 11.1 Å². The molecular weight excluding hydrogens is 323 g/mol. The largest absolute Gasteiger partial charge is 0.430 e. The maximum absolute atomic E-state index is 13.3. The van der Waals surface area contributed by atoms with Crippen LogP contribution in [0.2, 0.25) is 0 Å². The van der Waals surface area contributed by atoms with Gasteiger partial charge in [-0.2, -0.15) is 9.36 Å². The standard InChI is InChI=1S/C11H10BrFN2O2S/c1-16-5-4-10-14-11(18-15-10)17-7-2-3-8(12)9(13)6-7/h2-3,6H,4-5H2,1H3. The molecule has 0 radical (unpaired) electrons. The lowest BCUT2D eigenvalue weighted by Crippen LogP contribution is -1.96. The zero-order valence-electron chi connectivity index (χ0n) is 9.52. The van der Waals surface area contributed by atoms with Gasteiger partial charge >= 0.3 is 0 Å². The molecule has 1 aromatic heterocycles. The first-order valence-electron chi connectivity index (χ1n) is 5.13. The molecule has 0 aliphatic rings. The molecule has 18 heavy (non-hydrogen) atoms. The molecule has 1 aromatic carbocycles. The van der Waals surface area contributed by atoms with E-state index in [-0.39, 0.29) is 5.82 Å². The molecule has 0 aliphatic carbocycles. The molecule has 0 amide bonds. The Hall–Kier alpha value is -1.05. The van der Waals surface area contributed by atoms with Gasteiger partial charge in [0.25, 0.3) is 5.19 Å². The first-order chi connectivity index (χ1) is 8.69. The first kappa shape index (κ1) is 13.4. The maximum atomic E-state index is 13.3. The minimum Gasteiger partial charge on any atom is -0.430 e. The van der Waals surface area contributed by atoms with Crippen molar-refractivity contribution in [3.8, 4) is 10.9 Å². The third-order valence-electron chi connectivity index (χ3n) is 2.08. The summed E-state index contributed by atoms with van der Waals surface area (Å²) in [5.74, 6) is 0.677. The normalized spacial score (nSPS) is 10.6. The lowest BCUT2D eigenvalue weighted by atomic mass is 10.3. The van der Waals surface area contributed by atoms with E-state index in [0.717, 1.165) is 11.5 Å². The van der Waals surface area contributed by atoms with Gasteiger partial charge in [-0.05, 0) is 28.1 Å². The minimum atomic E-state index is -0.378. The molecule has 0 unspecified atom stereocenters. The van der Waals surface area contributed by atoms with Crippen molar-refractivity contribution in [3.63, 3.8) is 0 Å². The Morgan fingerprint density at radius 3 is 3.00 bits per heavy atom. The van der Waals surface area contributed by atoms with E-state index in [9.17, 15) is 4.39 Å². The van der Waals surface area contributed by atoms with Gasteiger partial charge in [-0.3, -0.25) is 0 Å². The van der Waals surface area contributed by atoms with Crippen molar-refractivity contribution >= 4 is 27.5 Å². The monoisotopic (exact) mass is 332 g/mol. The van der Waals surface area contributed by atoms with E-state index in [1.165, 1.54) is 6.07 Å². The summed E-state index contributed by atoms with van der Waals surface area (Å²) < 4.78 is 28.1. The molecule has 0 atom stereocenters. The molecule has 0 fully saturated rings. The molecule has 0 N–H and O–H groups in total. The molecule has 0 saturated heterocycles. The number of hydrogen-bond acceptors (Lipinski definition) is 5. The molecule has 96 valence electrons. The molecule has 0 aliphatic heterocycles. The smallest absolute Gasteiger partial charge is 0.298 e. The van der Waals surface area contributed by atoms with Crippen LogP contribution in [0.1, 0.15) is 5.82 Å². The predicted molar refractivity (Wildman–Crippen MR) is 69.7 cm³/mol. The summed E-state index contributed by atoms with van der Waals surface area (Å²) in [5, 5.41) is 0.392. The molecule has 4 nitrogen and oxygen atoms in total. The third kappa shape index (κ3) is 3.47. The number of halogens is 2. The second-order valence-corrected chi connectivity index (χ2v) is 4.97. The fraction of sp³-hybridized carbons (Fsp3) is 0.273. The van der Waals surface area contributed by atoms with Gasteiger partial charge in [0.15, 0.2) is 0 Å². The SMILES string of the molecule is COCCc1nsc(Oc2ccc(Br)c(F)c2)n1. The van der Waals surface area contributed by atoms with Gasteiger partial charge in [-0.25, -0.2) is 4.39 Å². The predicted octanol–water partition coefficient (Wildman–Crippen LogP) is 3.42. The van der Waals surface area contributed by atoms with Crippen molar-refractivity contribution in [2.75, 3.05) is 13.7 Å². The Morgan fingerprint density at radius 2 is 2.28 bits per heavy atom. The highest BCUT2D eigenvalue weighted by molar-refractivity contribution is 9.10. The molecule has 2 aromatic rings. The summed E-state index contributed by atoms with van der Waals surface area (Å²) in [4.78, 5) is 4.17. The van der Waals surface area contributed by atoms with Gasteiger partial charge in [0.1, 0.15) is 17.4 Å². The molecule has 2 rings (SSSR count). The molecular formula is C11H10BrFN2O2S. The summed E-state index contributed by atoms with van der Waals surface area (Å²) in [6.07, 6.45) is 0.630. The Morgan fingerprint density at radius 1 is 1.44 bits per heavy atom. The van der Waals surface area contributed by atoms with Crippen LogP contribution >= 0.6 is 27.5 Å². The topological polar surface area (TPSA) is 44.2 Å². The quantitative estimate of drug-likeness (QED) is 0.841. The first-order valence-corrected chi connectivity index (χ1v) is 6.70. The van der Waals surface area contributed by atoms with E-state index in [2.05, 4.69) is 25.3 Å². The summed E-state index contributed by atoms with van der Waals surface area (Å²) in [6.45, 7) is 0.559. The van der Waals surface area contributed by atoms with Gasteiger partial charge in [-0.1, -0.05) is 0 Å².